The number of hydrogen-bond donors (Lipinski definition) is 4. The number of carboxylic acid groups (broad SMARTS) is 2. The van der Waals surface area contributed by atoms with Crippen LogP contribution in [0.15, 0.2) is 84.9 Å². The molecule has 0 bridgehead atoms. The predicted octanol–water partition coefficient (Wildman–Crippen LogP) is 6.61. The molecule has 0 saturated heterocycles. The summed E-state index contributed by atoms with van der Waals surface area (Å²) >= 11 is 0. The molecule has 0 aliphatic rings. The van der Waals surface area contributed by atoms with Crippen molar-refractivity contribution in [3.8, 4) is 11.5 Å². The fraction of sp³-hybridized carbons (Fsp3) is 0. The molecule has 0 atom stereocenters. The van der Waals surface area contributed by atoms with Crippen LogP contribution in [0.1, 0.15) is 20.7 Å². The van der Waals surface area contributed by atoms with E-state index in [1.54, 1.807) is 48.5 Å². The van der Waals surface area contributed by atoms with E-state index in [9.17, 15) is 40.0 Å². The zero-order valence-electron chi connectivity index (χ0n) is 21.7. The van der Waals surface area contributed by atoms with Gasteiger partial charge < -0.3 is 20.4 Å². The molecular weight excluding hydrogens is 640 g/mol. The fourth-order valence-corrected chi connectivity index (χ4v) is 4.89. The molecule has 43 heavy (non-hydrogen) atoms. The van der Waals surface area contributed by atoms with E-state index >= 15 is 0 Å². The molecule has 13 heteroatoms. The fourth-order valence-electron chi connectivity index (χ4n) is 4.89. The maximum absolute atomic E-state index is 11.2. The van der Waals surface area contributed by atoms with E-state index in [2.05, 4.69) is 0 Å². The third-order valence-corrected chi connectivity index (χ3v) is 6.76. The second kappa shape index (κ2) is 11.8. The molecule has 0 fully saturated rings. The molecule has 0 unspecified atom stereocenters. The second-order valence-electron chi connectivity index (χ2n) is 9.19. The third kappa shape index (κ3) is 5.58. The van der Waals surface area contributed by atoms with Crippen LogP contribution in [0.5, 0.6) is 11.5 Å². The van der Waals surface area contributed by atoms with Crippen LogP contribution in [-0.2, 0) is 26.2 Å². The summed E-state index contributed by atoms with van der Waals surface area (Å²) in [5.41, 5.74) is -0.764. The molecule has 6 aromatic carbocycles. The number of aromatic hydroxyl groups is 2. The molecule has 6 rings (SSSR count). The summed E-state index contributed by atoms with van der Waals surface area (Å²) in [6.07, 6.45) is 0. The van der Waals surface area contributed by atoms with Crippen molar-refractivity contribution in [1.29, 1.82) is 0 Å². The number of rotatable bonds is 4. The molecule has 0 saturated carbocycles. The second-order valence-corrected chi connectivity index (χ2v) is 9.19. The molecule has 0 amide bonds. The quantitative estimate of drug-likeness (QED) is 0.0908. The van der Waals surface area contributed by atoms with E-state index in [4.69, 9.17) is 10.2 Å². The van der Waals surface area contributed by atoms with Gasteiger partial charge in [-0.25, -0.2) is 9.59 Å². The van der Waals surface area contributed by atoms with Gasteiger partial charge in [-0.2, -0.15) is 0 Å². The zero-order chi connectivity index (χ0) is 30.3. The Balaban J connectivity index is 0.000000192. The van der Waals surface area contributed by atoms with Crippen molar-refractivity contribution in [1.82, 2.24) is 0 Å². The van der Waals surface area contributed by atoms with E-state index < -0.39 is 21.8 Å². The maximum atomic E-state index is 11.2. The van der Waals surface area contributed by atoms with E-state index in [1.165, 1.54) is 36.4 Å². The topological polar surface area (TPSA) is 201 Å². The Labute approximate surface area is 259 Å². The van der Waals surface area contributed by atoms with Gasteiger partial charge in [-0.15, -0.1) is 0 Å². The van der Waals surface area contributed by atoms with Gasteiger partial charge in [0.05, 0.1) is 20.6 Å². The van der Waals surface area contributed by atoms with Crippen molar-refractivity contribution < 1.29 is 66.1 Å². The van der Waals surface area contributed by atoms with Crippen molar-refractivity contribution in [3.05, 3.63) is 116 Å². The Kier molecular flexibility index (Phi) is 8.40. The van der Waals surface area contributed by atoms with Crippen LogP contribution < -0.4 is 0 Å². The van der Waals surface area contributed by atoms with Gasteiger partial charge in [0.1, 0.15) is 22.6 Å². The molecular formula is C30H18N2O10Zr. The summed E-state index contributed by atoms with van der Waals surface area (Å²) in [4.78, 5) is 43.5. The molecule has 4 N–H and O–H groups in total. The van der Waals surface area contributed by atoms with Gasteiger partial charge in [0.25, 0.3) is 11.4 Å². The molecule has 212 valence electrons. The molecule has 6 aromatic rings. The van der Waals surface area contributed by atoms with Crippen molar-refractivity contribution in [2.75, 3.05) is 0 Å². The first-order valence-electron chi connectivity index (χ1n) is 12.1. The van der Waals surface area contributed by atoms with Crippen molar-refractivity contribution in [3.63, 3.8) is 0 Å². The van der Waals surface area contributed by atoms with Crippen molar-refractivity contribution in [2.24, 2.45) is 0 Å². The average Bonchev–Trinajstić information content (AvgIpc) is 2.95. The number of benzene rings is 6. The number of hydrogen-bond acceptors (Lipinski definition) is 8. The molecule has 0 aliphatic carbocycles. The van der Waals surface area contributed by atoms with Crippen LogP contribution in [-0.4, -0.2) is 42.2 Å². The van der Waals surface area contributed by atoms with E-state index in [1.807, 2.05) is 0 Å². The average molecular weight is 658 g/mol. The van der Waals surface area contributed by atoms with Crippen LogP contribution >= 0.6 is 0 Å². The molecule has 12 nitrogen and oxygen atoms in total. The Morgan fingerprint density at radius 2 is 0.860 bits per heavy atom. The smallest absolute Gasteiger partial charge is 0.339 e. The van der Waals surface area contributed by atoms with Gasteiger partial charge in [-0.1, -0.05) is 36.4 Å². The minimum absolute atomic E-state index is 0. The number of carboxylic acids is 2. The summed E-state index contributed by atoms with van der Waals surface area (Å²) in [5, 5.41) is 64.0. The largest absolute Gasteiger partial charge is 0.507 e. The van der Waals surface area contributed by atoms with Crippen molar-refractivity contribution >= 4 is 66.4 Å². The summed E-state index contributed by atoms with van der Waals surface area (Å²) in [6.45, 7) is 0. The van der Waals surface area contributed by atoms with Crippen LogP contribution in [0.2, 0.25) is 0 Å². The number of carbonyl (C=O) groups is 2. The Morgan fingerprint density at radius 3 is 1.16 bits per heavy atom. The summed E-state index contributed by atoms with van der Waals surface area (Å²) in [5.74, 6) is -3.31. The molecule has 0 heterocycles. The summed E-state index contributed by atoms with van der Waals surface area (Å²) in [7, 11) is 0. The first-order valence-corrected chi connectivity index (χ1v) is 12.1. The monoisotopic (exact) mass is 656 g/mol. The maximum Gasteiger partial charge on any atom is 0.339 e. The standard InChI is InChI=1S/2C15H9NO5.Zr/c2*17-14-7-11-8(5-12(14)15(18)19)6-13(16(20)21)10-4-2-1-3-9(10)11;/h2*1-7,17H,(H,18,19);. The Morgan fingerprint density at radius 1 is 0.535 bits per heavy atom. The minimum Gasteiger partial charge on any atom is -0.507 e. The Hall–Kier alpha value is -5.42. The molecule has 0 aromatic heterocycles. The van der Waals surface area contributed by atoms with Crippen LogP contribution in [0.4, 0.5) is 11.4 Å². The first-order chi connectivity index (χ1) is 20.0. The molecule has 0 radical (unpaired) electrons. The Bertz CT molecular complexity index is 1990. The number of nitro groups is 2. The van der Waals surface area contributed by atoms with Gasteiger partial charge in [-0.05, 0) is 68.7 Å². The minimum atomic E-state index is -1.29. The van der Waals surface area contributed by atoms with Gasteiger partial charge >= 0.3 is 11.9 Å². The van der Waals surface area contributed by atoms with Crippen LogP contribution in [0.3, 0.4) is 0 Å². The number of phenols is 2. The molecule has 0 aliphatic heterocycles. The van der Waals surface area contributed by atoms with Gasteiger partial charge in [0.15, 0.2) is 0 Å². The number of aromatic carboxylic acids is 2. The first kappa shape index (κ1) is 30.5. The zero-order valence-corrected chi connectivity index (χ0v) is 24.2. The number of nitro benzene ring substituents is 2. The SMILES string of the molecule is O=C(O)c1cc2cc([N+](=O)[O-])c3ccccc3c2cc1O.O=C(O)c1cc2cc([N+](=O)[O-])c3ccccc3c2cc1O.[Zr]. The summed E-state index contributed by atoms with van der Waals surface area (Å²) in [6, 6.07) is 21.3. The van der Waals surface area contributed by atoms with E-state index in [-0.39, 0.29) is 60.2 Å². The van der Waals surface area contributed by atoms with Gasteiger partial charge in [0, 0.05) is 38.3 Å². The number of fused-ring (bicyclic) bond motifs is 6. The van der Waals surface area contributed by atoms with Crippen molar-refractivity contribution in [2.45, 2.75) is 0 Å². The van der Waals surface area contributed by atoms with Gasteiger partial charge in [-0.3, -0.25) is 20.2 Å². The van der Waals surface area contributed by atoms with Crippen LogP contribution in [0, 0.1) is 20.2 Å². The number of non-ortho nitro benzene ring substituents is 2. The van der Waals surface area contributed by atoms with E-state index in [0.717, 1.165) is 0 Å². The van der Waals surface area contributed by atoms with Crippen LogP contribution in [0.25, 0.3) is 43.1 Å². The molecule has 0 spiro atoms. The normalized spacial score (nSPS) is 10.6. The van der Waals surface area contributed by atoms with Gasteiger partial charge in [0.2, 0.25) is 0 Å². The predicted molar refractivity (Wildman–Crippen MR) is 153 cm³/mol. The number of nitrogens with zero attached hydrogens (tertiary/aromatic N) is 2. The van der Waals surface area contributed by atoms with E-state index in [0.29, 0.717) is 43.1 Å². The third-order valence-electron chi connectivity index (χ3n) is 6.76. The summed E-state index contributed by atoms with van der Waals surface area (Å²) < 4.78 is 0.